The minimum absolute atomic E-state index is 0.189. The zero-order valence-corrected chi connectivity index (χ0v) is 16.5. The maximum atomic E-state index is 12.8. The summed E-state index contributed by atoms with van der Waals surface area (Å²) in [7, 11) is 0. The molecule has 5 N–H and O–H groups in total. The second kappa shape index (κ2) is 9.40. The van der Waals surface area contributed by atoms with Crippen LogP contribution in [-0.4, -0.2) is 67.7 Å². The largest absolute Gasteiger partial charge is 0.465 e. The molecule has 3 atom stereocenters. The number of imidazole rings is 1. The molecule has 2 heterocycles. The summed E-state index contributed by atoms with van der Waals surface area (Å²) in [6, 6.07) is 7.31. The van der Waals surface area contributed by atoms with Crippen molar-refractivity contribution < 1.29 is 24.6 Å². The number of aliphatic hydroxyl groups excluding tert-OH is 1. The lowest BCUT2D eigenvalue weighted by Crippen LogP contribution is -2.54. The molecule has 0 spiro atoms. The zero-order chi connectivity index (χ0) is 21.7. The molecule has 1 aliphatic heterocycles. The number of aliphatic hydroxyl groups is 1. The first-order valence-corrected chi connectivity index (χ1v) is 9.69. The number of hydrogen-bond acceptors (Lipinski definition) is 5. The van der Waals surface area contributed by atoms with Gasteiger partial charge in [0.25, 0.3) is 5.91 Å². The fourth-order valence-electron chi connectivity index (χ4n) is 3.51. The normalized spacial score (nSPS) is 17.9. The molecule has 10 heteroatoms. The van der Waals surface area contributed by atoms with E-state index in [0.29, 0.717) is 12.8 Å². The average molecular weight is 415 g/mol. The Morgan fingerprint density at radius 1 is 1.30 bits per heavy atom. The van der Waals surface area contributed by atoms with Crippen molar-refractivity contribution in [3.63, 3.8) is 0 Å². The predicted molar refractivity (Wildman–Crippen MR) is 108 cm³/mol. The number of H-pyrrole nitrogens is 1. The topological polar surface area (TPSA) is 148 Å². The van der Waals surface area contributed by atoms with Gasteiger partial charge < -0.3 is 20.5 Å². The molecule has 0 aliphatic carbocycles. The number of aromatic amines is 1. The highest BCUT2D eigenvalue weighted by Crippen LogP contribution is 2.18. The van der Waals surface area contributed by atoms with Gasteiger partial charge in [0.05, 0.1) is 6.04 Å². The number of aromatic nitrogens is 2. The quantitative estimate of drug-likeness (QED) is 0.454. The van der Waals surface area contributed by atoms with E-state index in [-0.39, 0.29) is 18.9 Å². The van der Waals surface area contributed by atoms with Crippen LogP contribution in [0.15, 0.2) is 36.5 Å². The SMILES string of the molecule is Cc1cnc(NC(=O)[C@H](O)[C@H](Cc2ccccc2)NC(=O)[C@@H]2CCCN2C(=O)O)[nH]1. The predicted octanol–water partition coefficient (Wildman–Crippen LogP) is 0.887. The Morgan fingerprint density at radius 2 is 2.03 bits per heavy atom. The van der Waals surface area contributed by atoms with Crippen LogP contribution in [-0.2, 0) is 16.0 Å². The summed E-state index contributed by atoms with van der Waals surface area (Å²) < 4.78 is 0. The number of amides is 3. The number of nitrogens with one attached hydrogen (secondary N) is 3. The molecule has 0 saturated carbocycles. The van der Waals surface area contributed by atoms with Crippen LogP contribution in [0.25, 0.3) is 0 Å². The van der Waals surface area contributed by atoms with E-state index in [1.54, 1.807) is 6.92 Å². The molecule has 2 aromatic rings. The van der Waals surface area contributed by atoms with Crippen LogP contribution < -0.4 is 10.6 Å². The van der Waals surface area contributed by atoms with Crippen molar-refractivity contribution in [1.29, 1.82) is 0 Å². The fourth-order valence-corrected chi connectivity index (χ4v) is 3.51. The average Bonchev–Trinajstić information content (AvgIpc) is 3.37. The molecule has 1 saturated heterocycles. The van der Waals surface area contributed by atoms with E-state index in [0.717, 1.165) is 16.2 Å². The van der Waals surface area contributed by atoms with E-state index >= 15 is 0 Å². The minimum Gasteiger partial charge on any atom is -0.465 e. The van der Waals surface area contributed by atoms with Gasteiger partial charge in [-0.05, 0) is 31.7 Å². The third-order valence-corrected chi connectivity index (χ3v) is 5.02. The molecule has 1 aliphatic rings. The molecule has 0 bridgehead atoms. The highest BCUT2D eigenvalue weighted by Gasteiger charge is 2.37. The van der Waals surface area contributed by atoms with Gasteiger partial charge in [-0.25, -0.2) is 9.78 Å². The van der Waals surface area contributed by atoms with Crippen molar-refractivity contribution in [2.24, 2.45) is 0 Å². The second-order valence-corrected chi connectivity index (χ2v) is 7.29. The number of likely N-dealkylation sites (tertiary alicyclic amines) is 1. The number of benzene rings is 1. The van der Waals surface area contributed by atoms with Gasteiger partial charge in [-0.15, -0.1) is 0 Å². The van der Waals surface area contributed by atoms with E-state index in [9.17, 15) is 24.6 Å². The van der Waals surface area contributed by atoms with E-state index in [2.05, 4.69) is 20.6 Å². The number of carbonyl (C=O) groups is 3. The molecule has 30 heavy (non-hydrogen) atoms. The number of rotatable bonds is 7. The van der Waals surface area contributed by atoms with E-state index < -0.39 is 36.1 Å². The first kappa shape index (κ1) is 21.3. The number of nitrogens with zero attached hydrogens (tertiary/aromatic N) is 2. The second-order valence-electron chi connectivity index (χ2n) is 7.29. The summed E-state index contributed by atoms with van der Waals surface area (Å²) in [5.74, 6) is -1.07. The van der Waals surface area contributed by atoms with Crippen LogP contribution in [0.5, 0.6) is 0 Å². The van der Waals surface area contributed by atoms with Crippen molar-refractivity contribution in [3.8, 4) is 0 Å². The highest BCUT2D eigenvalue weighted by molar-refractivity contribution is 5.94. The number of aryl methyl sites for hydroxylation is 1. The summed E-state index contributed by atoms with van der Waals surface area (Å²) in [6.45, 7) is 2.05. The first-order valence-electron chi connectivity index (χ1n) is 9.69. The van der Waals surface area contributed by atoms with Crippen molar-refractivity contribution in [3.05, 3.63) is 47.8 Å². The summed E-state index contributed by atoms with van der Waals surface area (Å²) in [4.78, 5) is 44.6. The third kappa shape index (κ3) is 5.15. The van der Waals surface area contributed by atoms with Crippen LogP contribution in [0.3, 0.4) is 0 Å². The first-order chi connectivity index (χ1) is 14.3. The van der Waals surface area contributed by atoms with E-state index in [1.807, 2.05) is 30.3 Å². The van der Waals surface area contributed by atoms with Crippen LogP contribution >= 0.6 is 0 Å². The maximum absolute atomic E-state index is 12.8. The molecule has 0 unspecified atom stereocenters. The van der Waals surface area contributed by atoms with Crippen molar-refractivity contribution in [2.75, 3.05) is 11.9 Å². The van der Waals surface area contributed by atoms with Crippen LogP contribution in [0.4, 0.5) is 10.7 Å². The standard InChI is InChI=1S/C20H25N5O5/c1-12-11-21-19(22-12)24-18(28)16(26)14(10-13-6-3-2-4-7-13)23-17(27)15-8-5-9-25(15)20(29)30/h2-4,6-7,11,14-16,26H,5,8-10H2,1H3,(H,23,27)(H,29,30)(H2,21,22,24,28)/t14-,15-,16+/m0/s1. The van der Waals surface area contributed by atoms with Gasteiger partial charge >= 0.3 is 6.09 Å². The Morgan fingerprint density at radius 3 is 2.67 bits per heavy atom. The lowest BCUT2D eigenvalue weighted by atomic mass is 10.00. The van der Waals surface area contributed by atoms with Gasteiger partial charge in [0.1, 0.15) is 6.04 Å². The lowest BCUT2D eigenvalue weighted by molar-refractivity contribution is -0.129. The van der Waals surface area contributed by atoms with Crippen LogP contribution in [0, 0.1) is 6.92 Å². The molecule has 160 valence electrons. The molecule has 1 aromatic carbocycles. The van der Waals surface area contributed by atoms with Crippen molar-refractivity contribution in [2.45, 2.75) is 44.4 Å². The minimum atomic E-state index is -1.57. The molecule has 0 radical (unpaired) electrons. The van der Waals surface area contributed by atoms with E-state index in [4.69, 9.17) is 0 Å². The Labute approximate surface area is 173 Å². The molecule has 1 fully saturated rings. The molecule has 10 nitrogen and oxygen atoms in total. The van der Waals surface area contributed by atoms with Gasteiger partial charge in [-0.2, -0.15) is 0 Å². The molecule has 1 aromatic heterocycles. The molecular weight excluding hydrogens is 390 g/mol. The summed E-state index contributed by atoms with van der Waals surface area (Å²) in [5, 5.41) is 25.1. The van der Waals surface area contributed by atoms with Crippen LogP contribution in [0.2, 0.25) is 0 Å². The summed E-state index contributed by atoms with van der Waals surface area (Å²) >= 11 is 0. The lowest BCUT2D eigenvalue weighted by Gasteiger charge is -2.27. The Bertz CT molecular complexity index is 900. The molecule has 3 rings (SSSR count). The summed E-state index contributed by atoms with van der Waals surface area (Å²) in [5.41, 5.74) is 1.55. The number of hydrogen-bond donors (Lipinski definition) is 5. The zero-order valence-electron chi connectivity index (χ0n) is 16.5. The maximum Gasteiger partial charge on any atom is 0.407 e. The molecular formula is C20H25N5O5. The number of carboxylic acid groups (broad SMARTS) is 1. The van der Waals surface area contributed by atoms with Gasteiger partial charge in [-0.1, -0.05) is 30.3 Å². The Kier molecular flexibility index (Phi) is 6.68. The van der Waals surface area contributed by atoms with Gasteiger partial charge in [0, 0.05) is 18.4 Å². The Balaban J connectivity index is 1.74. The van der Waals surface area contributed by atoms with Crippen molar-refractivity contribution >= 4 is 23.9 Å². The fraction of sp³-hybridized carbons (Fsp3) is 0.400. The smallest absolute Gasteiger partial charge is 0.407 e. The third-order valence-electron chi connectivity index (χ3n) is 5.02. The van der Waals surface area contributed by atoms with E-state index in [1.165, 1.54) is 6.20 Å². The van der Waals surface area contributed by atoms with Crippen molar-refractivity contribution in [1.82, 2.24) is 20.2 Å². The monoisotopic (exact) mass is 415 g/mol. The number of anilines is 1. The number of carbonyl (C=O) groups excluding carboxylic acids is 2. The van der Waals surface area contributed by atoms with Gasteiger partial charge in [0.15, 0.2) is 6.10 Å². The van der Waals surface area contributed by atoms with Gasteiger partial charge in [0.2, 0.25) is 11.9 Å². The highest BCUT2D eigenvalue weighted by atomic mass is 16.4. The van der Waals surface area contributed by atoms with Gasteiger partial charge in [-0.3, -0.25) is 19.8 Å². The summed E-state index contributed by atoms with van der Waals surface area (Å²) in [6.07, 6.45) is -0.0408. The molecule has 3 amide bonds. The van der Waals surface area contributed by atoms with Crippen LogP contribution in [0.1, 0.15) is 24.1 Å². The Hall–Kier alpha value is -3.40.